The lowest BCUT2D eigenvalue weighted by Crippen LogP contribution is -2.49. The summed E-state index contributed by atoms with van der Waals surface area (Å²) in [5.74, 6) is 0. The SMILES string of the molecule is CCCCN[C@H]1C[C@H](OC2CCN(C(=O)OC(C)(C)C)CC2)C1. The molecule has 23 heavy (non-hydrogen) atoms. The zero-order valence-electron chi connectivity index (χ0n) is 15.3. The summed E-state index contributed by atoms with van der Waals surface area (Å²) < 4.78 is 11.6. The summed E-state index contributed by atoms with van der Waals surface area (Å²) in [6.45, 7) is 10.5. The van der Waals surface area contributed by atoms with E-state index in [0.29, 0.717) is 18.2 Å². The molecule has 0 aromatic carbocycles. The summed E-state index contributed by atoms with van der Waals surface area (Å²) in [5, 5.41) is 3.58. The first-order valence-electron chi connectivity index (χ1n) is 9.24. The number of hydrogen-bond donors (Lipinski definition) is 1. The molecule has 134 valence electrons. The number of carbonyl (C=O) groups excluding carboxylic acids is 1. The van der Waals surface area contributed by atoms with E-state index < -0.39 is 5.60 Å². The molecule has 1 saturated heterocycles. The molecule has 1 aliphatic heterocycles. The molecule has 5 nitrogen and oxygen atoms in total. The number of amides is 1. The third-order valence-corrected chi connectivity index (χ3v) is 4.54. The molecule has 0 spiro atoms. The molecule has 1 heterocycles. The second-order valence-electron chi connectivity index (χ2n) is 7.90. The lowest BCUT2D eigenvalue weighted by molar-refractivity contribution is -0.0843. The largest absolute Gasteiger partial charge is 0.444 e. The Balaban J connectivity index is 1.58. The van der Waals surface area contributed by atoms with Crippen LogP contribution in [-0.2, 0) is 9.47 Å². The number of likely N-dealkylation sites (tertiary alicyclic amines) is 1. The molecule has 0 bridgehead atoms. The molecule has 0 unspecified atom stereocenters. The van der Waals surface area contributed by atoms with E-state index in [9.17, 15) is 4.79 Å². The number of unbranched alkanes of at least 4 members (excludes halogenated alkanes) is 1. The molecule has 0 aromatic heterocycles. The zero-order valence-corrected chi connectivity index (χ0v) is 15.3. The average Bonchev–Trinajstić information content (AvgIpc) is 2.43. The molecular weight excluding hydrogens is 292 g/mol. The second kappa shape index (κ2) is 8.34. The van der Waals surface area contributed by atoms with Crippen molar-refractivity contribution in [1.29, 1.82) is 0 Å². The van der Waals surface area contributed by atoms with Crippen LogP contribution >= 0.6 is 0 Å². The van der Waals surface area contributed by atoms with Crippen molar-refractivity contribution in [1.82, 2.24) is 10.2 Å². The van der Waals surface area contributed by atoms with Crippen LogP contribution in [0, 0.1) is 0 Å². The van der Waals surface area contributed by atoms with Gasteiger partial charge in [-0.05, 0) is 59.4 Å². The second-order valence-corrected chi connectivity index (χ2v) is 7.90. The third kappa shape index (κ3) is 6.30. The molecule has 1 aliphatic carbocycles. The minimum absolute atomic E-state index is 0.195. The minimum Gasteiger partial charge on any atom is -0.444 e. The van der Waals surface area contributed by atoms with Gasteiger partial charge in [0.25, 0.3) is 0 Å². The van der Waals surface area contributed by atoms with Crippen LogP contribution < -0.4 is 5.32 Å². The van der Waals surface area contributed by atoms with E-state index in [1.807, 2.05) is 20.8 Å². The van der Waals surface area contributed by atoms with E-state index in [0.717, 1.165) is 45.3 Å². The van der Waals surface area contributed by atoms with Crippen LogP contribution in [0.5, 0.6) is 0 Å². The van der Waals surface area contributed by atoms with Crippen molar-refractivity contribution in [2.24, 2.45) is 0 Å². The highest BCUT2D eigenvalue weighted by Gasteiger charge is 2.33. The Kier molecular flexibility index (Phi) is 6.72. The van der Waals surface area contributed by atoms with Crippen molar-refractivity contribution in [2.75, 3.05) is 19.6 Å². The Morgan fingerprint density at radius 3 is 2.39 bits per heavy atom. The van der Waals surface area contributed by atoms with Gasteiger partial charge < -0.3 is 19.7 Å². The van der Waals surface area contributed by atoms with Gasteiger partial charge >= 0.3 is 6.09 Å². The third-order valence-electron chi connectivity index (χ3n) is 4.54. The van der Waals surface area contributed by atoms with Gasteiger partial charge in [-0.3, -0.25) is 0 Å². The van der Waals surface area contributed by atoms with Gasteiger partial charge in [-0.1, -0.05) is 13.3 Å². The number of hydrogen-bond acceptors (Lipinski definition) is 4. The van der Waals surface area contributed by atoms with Crippen molar-refractivity contribution >= 4 is 6.09 Å². The highest BCUT2D eigenvalue weighted by atomic mass is 16.6. The predicted molar refractivity (Wildman–Crippen MR) is 91.6 cm³/mol. The van der Waals surface area contributed by atoms with Crippen molar-refractivity contribution in [3.05, 3.63) is 0 Å². The van der Waals surface area contributed by atoms with E-state index in [2.05, 4.69) is 12.2 Å². The highest BCUT2D eigenvalue weighted by molar-refractivity contribution is 5.68. The normalized spacial score (nSPS) is 26.0. The summed E-state index contributed by atoms with van der Waals surface area (Å²) in [7, 11) is 0. The molecule has 1 saturated carbocycles. The first kappa shape index (κ1) is 18.5. The molecule has 5 heteroatoms. The maximum absolute atomic E-state index is 12.0. The summed E-state index contributed by atoms with van der Waals surface area (Å²) in [6.07, 6.45) is 7.13. The van der Waals surface area contributed by atoms with Gasteiger partial charge in [-0.25, -0.2) is 4.79 Å². The Hall–Kier alpha value is -0.810. The molecule has 0 radical (unpaired) electrons. The first-order valence-corrected chi connectivity index (χ1v) is 9.24. The van der Waals surface area contributed by atoms with Gasteiger partial charge in [-0.15, -0.1) is 0 Å². The van der Waals surface area contributed by atoms with E-state index >= 15 is 0 Å². The summed E-state index contributed by atoms with van der Waals surface area (Å²) >= 11 is 0. The molecular formula is C18H34N2O3. The van der Waals surface area contributed by atoms with E-state index in [1.54, 1.807) is 4.90 Å². The Bertz CT molecular complexity index is 367. The number of ether oxygens (including phenoxy) is 2. The van der Waals surface area contributed by atoms with Crippen molar-refractivity contribution < 1.29 is 14.3 Å². The minimum atomic E-state index is -0.420. The standard InChI is InChI=1S/C18H34N2O3/c1-5-6-9-19-14-12-16(13-14)22-15-7-10-20(11-8-15)17(21)23-18(2,3)4/h14-16,19H,5-13H2,1-4H3/t14-,16-. The molecule has 0 atom stereocenters. The Morgan fingerprint density at radius 1 is 1.17 bits per heavy atom. The van der Waals surface area contributed by atoms with Crippen LogP contribution in [0.4, 0.5) is 4.79 Å². The Labute approximate surface area is 141 Å². The van der Waals surface area contributed by atoms with Gasteiger partial charge in [0.1, 0.15) is 5.60 Å². The van der Waals surface area contributed by atoms with Crippen LogP contribution in [0.25, 0.3) is 0 Å². The lowest BCUT2D eigenvalue weighted by atomic mass is 9.88. The topological polar surface area (TPSA) is 50.8 Å². The molecule has 1 N–H and O–H groups in total. The summed E-state index contributed by atoms with van der Waals surface area (Å²) in [4.78, 5) is 13.8. The van der Waals surface area contributed by atoms with Gasteiger partial charge in [0.2, 0.25) is 0 Å². The predicted octanol–water partition coefficient (Wildman–Crippen LogP) is 3.32. The van der Waals surface area contributed by atoms with Gasteiger partial charge in [0, 0.05) is 19.1 Å². The van der Waals surface area contributed by atoms with Gasteiger partial charge in [0.05, 0.1) is 12.2 Å². The quantitative estimate of drug-likeness (QED) is 0.761. The van der Waals surface area contributed by atoms with Crippen LogP contribution in [0.15, 0.2) is 0 Å². The first-order chi connectivity index (χ1) is 10.9. The summed E-state index contributed by atoms with van der Waals surface area (Å²) in [5.41, 5.74) is -0.420. The van der Waals surface area contributed by atoms with Gasteiger partial charge in [0.15, 0.2) is 0 Å². The number of nitrogens with zero attached hydrogens (tertiary/aromatic N) is 1. The van der Waals surface area contributed by atoms with Crippen molar-refractivity contribution in [3.63, 3.8) is 0 Å². The number of piperidine rings is 1. The average molecular weight is 326 g/mol. The number of carbonyl (C=O) groups is 1. The molecule has 2 rings (SSSR count). The van der Waals surface area contributed by atoms with Crippen LogP contribution in [0.2, 0.25) is 0 Å². The number of nitrogens with one attached hydrogen (secondary N) is 1. The molecule has 0 aromatic rings. The Morgan fingerprint density at radius 2 is 1.83 bits per heavy atom. The van der Waals surface area contributed by atoms with Crippen molar-refractivity contribution in [2.45, 2.75) is 90.1 Å². The fourth-order valence-electron chi connectivity index (χ4n) is 3.10. The van der Waals surface area contributed by atoms with Crippen molar-refractivity contribution in [3.8, 4) is 0 Å². The maximum Gasteiger partial charge on any atom is 0.410 e. The fourth-order valence-corrected chi connectivity index (χ4v) is 3.10. The highest BCUT2D eigenvalue weighted by Crippen LogP contribution is 2.27. The van der Waals surface area contributed by atoms with Gasteiger partial charge in [-0.2, -0.15) is 0 Å². The van der Waals surface area contributed by atoms with Crippen LogP contribution in [0.1, 0.15) is 66.2 Å². The van der Waals surface area contributed by atoms with E-state index in [-0.39, 0.29) is 6.09 Å². The summed E-state index contributed by atoms with van der Waals surface area (Å²) in [6, 6.07) is 0.647. The monoisotopic (exact) mass is 326 g/mol. The fraction of sp³-hybridized carbons (Fsp3) is 0.944. The smallest absolute Gasteiger partial charge is 0.410 e. The van der Waals surface area contributed by atoms with Crippen LogP contribution in [0.3, 0.4) is 0 Å². The van der Waals surface area contributed by atoms with E-state index in [4.69, 9.17) is 9.47 Å². The molecule has 1 amide bonds. The lowest BCUT2D eigenvalue weighted by Gasteiger charge is -2.40. The number of rotatable bonds is 6. The van der Waals surface area contributed by atoms with E-state index in [1.165, 1.54) is 12.8 Å². The zero-order chi connectivity index (χ0) is 16.9. The molecule has 2 fully saturated rings. The maximum atomic E-state index is 12.0. The molecule has 2 aliphatic rings. The van der Waals surface area contributed by atoms with Crippen LogP contribution in [-0.4, -0.2) is 54.5 Å².